The van der Waals surface area contributed by atoms with Crippen LogP contribution in [0.5, 0.6) is 0 Å². The summed E-state index contributed by atoms with van der Waals surface area (Å²) >= 11 is 4.13. The van der Waals surface area contributed by atoms with Gasteiger partial charge in [-0.05, 0) is 19.1 Å². The number of thiazole rings is 2. The van der Waals surface area contributed by atoms with Crippen molar-refractivity contribution in [2.75, 3.05) is 17.7 Å². The van der Waals surface area contributed by atoms with Crippen LogP contribution in [0.25, 0.3) is 15.2 Å². The van der Waals surface area contributed by atoms with E-state index < -0.39 is 0 Å². The number of hydrogen-bond donors (Lipinski definition) is 1. The van der Waals surface area contributed by atoms with Crippen molar-refractivity contribution in [3.8, 4) is 0 Å². The van der Waals surface area contributed by atoms with Gasteiger partial charge in [-0.25, -0.2) is 4.98 Å². The van der Waals surface area contributed by atoms with Gasteiger partial charge in [-0.3, -0.25) is 14.0 Å². The number of para-hydroxylation sites is 1. The molecular formula is C17H15N5O3S3. The molecule has 0 aliphatic heterocycles. The number of anilines is 1. The number of hydrogen-bond acceptors (Lipinski definition) is 9. The average molecular weight is 434 g/mol. The number of fused-ring (bicyclic) bond motifs is 3. The lowest BCUT2D eigenvalue weighted by Gasteiger charge is -2.01. The van der Waals surface area contributed by atoms with E-state index in [0.29, 0.717) is 16.9 Å². The summed E-state index contributed by atoms with van der Waals surface area (Å²) < 4.78 is 7.99. The molecule has 0 aliphatic rings. The summed E-state index contributed by atoms with van der Waals surface area (Å²) in [6, 6.07) is 7.99. The molecule has 0 radical (unpaired) electrons. The molecule has 1 amide bonds. The van der Waals surface area contributed by atoms with E-state index in [2.05, 4.69) is 20.5 Å². The van der Waals surface area contributed by atoms with Gasteiger partial charge in [-0.15, -0.1) is 21.5 Å². The molecule has 0 saturated heterocycles. The average Bonchev–Trinajstić information content (AvgIpc) is 3.36. The van der Waals surface area contributed by atoms with Crippen LogP contribution >= 0.6 is 34.4 Å². The number of thioether (sulfide) groups is 1. The van der Waals surface area contributed by atoms with E-state index in [-0.39, 0.29) is 24.1 Å². The minimum Gasteiger partial charge on any atom is -0.466 e. The van der Waals surface area contributed by atoms with Crippen molar-refractivity contribution in [1.29, 1.82) is 0 Å². The van der Waals surface area contributed by atoms with E-state index in [4.69, 9.17) is 4.74 Å². The standard InChI is InChI=1S/C17H15N5O3S3/c1-2-25-14(24)7-10-8-18-15(27-10)19-13(23)9-26-16-20-21-17-22(16)11-5-3-4-6-12(11)28-17/h3-6,8H,2,7,9H2,1H3,(H,18,19,23). The van der Waals surface area contributed by atoms with E-state index in [9.17, 15) is 9.59 Å². The number of carbonyl (C=O) groups is 2. The van der Waals surface area contributed by atoms with Crippen LogP contribution in [-0.4, -0.2) is 43.8 Å². The highest BCUT2D eigenvalue weighted by Gasteiger charge is 2.15. The fourth-order valence-electron chi connectivity index (χ4n) is 2.54. The van der Waals surface area contributed by atoms with Gasteiger partial charge in [0.2, 0.25) is 10.9 Å². The Hall–Kier alpha value is -2.50. The van der Waals surface area contributed by atoms with Crippen LogP contribution < -0.4 is 5.32 Å². The summed E-state index contributed by atoms with van der Waals surface area (Å²) in [6.07, 6.45) is 1.73. The van der Waals surface area contributed by atoms with E-state index in [1.165, 1.54) is 23.1 Å². The molecule has 11 heteroatoms. The first kappa shape index (κ1) is 18.8. The summed E-state index contributed by atoms with van der Waals surface area (Å²) in [6.45, 7) is 2.10. The molecular weight excluding hydrogens is 418 g/mol. The highest BCUT2D eigenvalue weighted by atomic mass is 32.2. The maximum absolute atomic E-state index is 12.3. The summed E-state index contributed by atoms with van der Waals surface area (Å²) in [7, 11) is 0. The molecule has 0 spiro atoms. The predicted octanol–water partition coefficient (Wildman–Crippen LogP) is 3.24. The SMILES string of the molecule is CCOC(=O)Cc1cnc(NC(=O)CSc2nnc3sc4ccccc4n23)s1. The van der Waals surface area contributed by atoms with Gasteiger partial charge in [0.1, 0.15) is 0 Å². The summed E-state index contributed by atoms with van der Waals surface area (Å²) in [5, 5.41) is 12.2. The lowest BCUT2D eigenvalue weighted by molar-refractivity contribution is -0.142. The number of ether oxygens (including phenoxy) is 1. The zero-order valence-corrected chi connectivity index (χ0v) is 17.2. The Balaban J connectivity index is 1.38. The lowest BCUT2D eigenvalue weighted by atomic mass is 10.3. The van der Waals surface area contributed by atoms with Crippen LogP contribution in [0.3, 0.4) is 0 Å². The molecule has 4 aromatic rings. The molecule has 28 heavy (non-hydrogen) atoms. The third-order valence-corrected chi connectivity index (χ3v) is 6.52. The molecule has 3 aromatic heterocycles. The van der Waals surface area contributed by atoms with Crippen molar-refractivity contribution in [3.63, 3.8) is 0 Å². The molecule has 0 bridgehead atoms. The van der Waals surface area contributed by atoms with Crippen molar-refractivity contribution in [3.05, 3.63) is 35.3 Å². The van der Waals surface area contributed by atoms with Crippen LogP contribution in [0.1, 0.15) is 11.8 Å². The number of amides is 1. The highest BCUT2D eigenvalue weighted by Crippen LogP contribution is 2.29. The number of carbonyl (C=O) groups excluding carboxylic acids is 2. The predicted molar refractivity (Wildman–Crippen MR) is 110 cm³/mol. The number of nitrogens with one attached hydrogen (secondary N) is 1. The number of benzene rings is 1. The van der Waals surface area contributed by atoms with E-state index >= 15 is 0 Å². The largest absolute Gasteiger partial charge is 0.466 e. The van der Waals surface area contributed by atoms with Crippen molar-refractivity contribution >= 4 is 66.6 Å². The Kier molecular flexibility index (Phi) is 5.55. The monoisotopic (exact) mass is 433 g/mol. The highest BCUT2D eigenvalue weighted by molar-refractivity contribution is 7.99. The van der Waals surface area contributed by atoms with Crippen LogP contribution in [0.4, 0.5) is 5.13 Å². The maximum atomic E-state index is 12.3. The topological polar surface area (TPSA) is 98.5 Å². The quantitative estimate of drug-likeness (QED) is 0.353. The van der Waals surface area contributed by atoms with Crippen LogP contribution in [0.15, 0.2) is 35.6 Å². The molecule has 0 saturated carbocycles. The zero-order chi connectivity index (χ0) is 19.5. The Morgan fingerprint density at radius 2 is 2.11 bits per heavy atom. The Labute approximate surface area is 171 Å². The summed E-state index contributed by atoms with van der Waals surface area (Å²) in [5.74, 6) is -0.325. The first-order chi connectivity index (χ1) is 13.6. The molecule has 0 fully saturated rings. The van der Waals surface area contributed by atoms with Gasteiger partial charge in [0.05, 0.1) is 29.0 Å². The normalized spacial score (nSPS) is 11.2. The fourth-order valence-corrected chi connectivity index (χ4v) is 5.12. The molecule has 144 valence electrons. The zero-order valence-electron chi connectivity index (χ0n) is 14.7. The Morgan fingerprint density at radius 3 is 2.96 bits per heavy atom. The molecule has 0 aliphatic carbocycles. The van der Waals surface area contributed by atoms with Crippen LogP contribution in [0, 0.1) is 0 Å². The molecule has 4 rings (SSSR count). The number of esters is 1. The second-order valence-corrected chi connectivity index (χ2v) is 8.69. The van der Waals surface area contributed by atoms with E-state index in [1.54, 1.807) is 24.5 Å². The molecule has 1 N–H and O–H groups in total. The molecule has 0 atom stereocenters. The second kappa shape index (κ2) is 8.25. The summed E-state index contributed by atoms with van der Waals surface area (Å²) in [5.41, 5.74) is 1.03. The van der Waals surface area contributed by atoms with Crippen molar-refractivity contribution in [2.45, 2.75) is 18.5 Å². The number of aromatic nitrogens is 4. The number of rotatable bonds is 7. The fraction of sp³-hybridized carbons (Fsp3) is 0.235. The second-order valence-electron chi connectivity index (χ2n) is 5.62. The van der Waals surface area contributed by atoms with E-state index in [0.717, 1.165) is 20.1 Å². The first-order valence-corrected chi connectivity index (χ1v) is 11.0. The third-order valence-electron chi connectivity index (χ3n) is 3.67. The maximum Gasteiger partial charge on any atom is 0.311 e. The first-order valence-electron chi connectivity index (χ1n) is 8.39. The summed E-state index contributed by atoms with van der Waals surface area (Å²) in [4.78, 5) is 29.5. The van der Waals surface area contributed by atoms with Gasteiger partial charge in [-0.2, -0.15) is 0 Å². The van der Waals surface area contributed by atoms with Crippen molar-refractivity contribution < 1.29 is 14.3 Å². The molecule has 0 unspecified atom stereocenters. The van der Waals surface area contributed by atoms with E-state index in [1.807, 2.05) is 28.7 Å². The van der Waals surface area contributed by atoms with Gasteiger partial charge in [0.25, 0.3) is 0 Å². The van der Waals surface area contributed by atoms with Crippen molar-refractivity contribution in [1.82, 2.24) is 19.6 Å². The molecule has 8 nitrogen and oxygen atoms in total. The smallest absolute Gasteiger partial charge is 0.311 e. The van der Waals surface area contributed by atoms with Gasteiger partial charge in [-0.1, -0.05) is 35.2 Å². The Morgan fingerprint density at radius 1 is 1.25 bits per heavy atom. The minimum absolute atomic E-state index is 0.152. The molecule has 3 heterocycles. The Bertz CT molecular complexity index is 1150. The number of nitrogens with zero attached hydrogens (tertiary/aromatic N) is 4. The van der Waals surface area contributed by atoms with Gasteiger partial charge >= 0.3 is 5.97 Å². The van der Waals surface area contributed by atoms with Crippen LogP contribution in [-0.2, 0) is 20.7 Å². The minimum atomic E-state index is -0.307. The van der Waals surface area contributed by atoms with Gasteiger partial charge in [0.15, 0.2) is 10.3 Å². The third kappa shape index (κ3) is 4.01. The van der Waals surface area contributed by atoms with Crippen LogP contribution in [0.2, 0.25) is 0 Å². The molecule has 1 aromatic carbocycles. The van der Waals surface area contributed by atoms with Gasteiger partial charge < -0.3 is 10.1 Å². The van der Waals surface area contributed by atoms with Crippen molar-refractivity contribution in [2.24, 2.45) is 0 Å². The van der Waals surface area contributed by atoms with Gasteiger partial charge in [0, 0.05) is 11.1 Å². The lowest BCUT2D eigenvalue weighted by Crippen LogP contribution is -2.14.